The van der Waals surface area contributed by atoms with Crippen molar-refractivity contribution < 1.29 is 0 Å². The van der Waals surface area contributed by atoms with Gasteiger partial charge in [0.15, 0.2) is 0 Å². The van der Waals surface area contributed by atoms with Gasteiger partial charge in [0.05, 0.1) is 5.69 Å². The van der Waals surface area contributed by atoms with Crippen LogP contribution >= 0.6 is 0 Å². The highest BCUT2D eigenvalue weighted by molar-refractivity contribution is 5.14. The first-order valence-corrected chi connectivity index (χ1v) is 8.64. The van der Waals surface area contributed by atoms with E-state index in [9.17, 15) is 0 Å². The number of aromatic nitrogens is 1. The van der Waals surface area contributed by atoms with Crippen molar-refractivity contribution in [2.45, 2.75) is 65.6 Å². The third-order valence-corrected chi connectivity index (χ3v) is 4.56. The van der Waals surface area contributed by atoms with Crippen LogP contribution in [-0.2, 0) is 13.1 Å². The van der Waals surface area contributed by atoms with Crippen LogP contribution in [0.3, 0.4) is 0 Å². The molecule has 0 aromatic carbocycles. The van der Waals surface area contributed by atoms with Crippen LogP contribution in [0.15, 0.2) is 18.3 Å². The summed E-state index contributed by atoms with van der Waals surface area (Å²) in [6, 6.07) is 5.18. The van der Waals surface area contributed by atoms with E-state index in [0.717, 1.165) is 31.6 Å². The molecule has 1 aliphatic rings. The van der Waals surface area contributed by atoms with E-state index >= 15 is 0 Å². The number of nitrogens with one attached hydrogen (secondary N) is 1. The molecule has 1 fully saturated rings. The highest BCUT2D eigenvalue weighted by Crippen LogP contribution is 2.19. The Balaban J connectivity index is 1.81. The molecule has 0 amide bonds. The maximum Gasteiger partial charge on any atom is 0.0544 e. The Morgan fingerprint density at radius 3 is 2.52 bits per heavy atom. The lowest BCUT2D eigenvalue weighted by atomic mass is 10.0. The Labute approximate surface area is 130 Å². The van der Waals surface area contributed by atoms with Crippen molar-refractivity contribution in [2.75, 3.05) is 13.1 Å². The molecule has 0 spiro atoms. The molecule has 1 heterocycles. The first kappa shape index (κ1) is 16.4. The van der Waals surface area contributed by atoms with Crippen molar-refractivity contribution in [3.8, 4) is 0 Å². The molecule has 1 aliphatic carbocycles. The van der Waals surface area contributed by atoms with Gasteiger partial charge in [-0.1, -0.05) is 39.7 Å². The molecule has 0 bridgehead atoms. The average molecular weight is 289 g/mol. The molecule has 0 aliphatic heterocycles. The number of hydrogen-bond acceptors (Lipinski definition) is 3. The zero-order valence-corrected chi connectivity index (χ0v) is 13.9. The molecule has 1 saturated carbocycles. The van der Waals surface area contributed by atoms with Crippen molar-refractivity contribution in [2.24, 2.45) is 5.92 Å². The number of rotatable bonds is 10. The van der Waals surface area contributed by atoms with Crippen molar-refractivity contribution in [3.05, 3.63) is 29.6 Å². The fourth-order valence-corrected chi connectivity index (χ4v) is 2.65. The second-order valence-electron chi connectivity index (χ2n) is 6.32. The normalized spacial score (nSPS) is 15.1. The van der Waals surface area contributed by atoms with Crippen molar-refractivity contribution in [1.82, 2.24) is 15.2 Å². The Bertz CT molecular complexity index is 393. The largest absolute Gasteiger partial charge is 0.310 e. The molecule has 0 saturated heterocycles. The Morgan fingerprint density at radius 2 is 2.00 bits per heavy atom. The number of nitrogens with zero attached hydrogens (tertiary/aromatic N) is 2. The van der Waals surface area contributed by atoms with Crippen molar-refractivity contribution in [3.63, 3.8) is 0 Å². The van der Waals surface area contributed by atoms with Crippen LogP contribution in [0.4, 0.5) is 0 Å². The molecule has 0 unspecified atom stereocenters. The van der Waals surface area contributed by atoms with E-state index in [1.807, 2.05) is 6.20 Å². The lowest BCUT2D eigenvalue weighted by molar-refractivity contribution is 0.224. The maximum absolute atomic E-state index is 4.64. The van der Waals surface area contributed by atoms with Gasteiger partial charge in [-0.25, -0.2) is 0 Å². The summed E-state index contributed by atoms with van der Waals surface area (Å²) < 4.78 is 0. The van der Waals surface area contributed by atoms with Crippen LogP contribution in [0.1, 0.15) is 57.7 Å². The van der Waals surface area contributed by atoms with Gasteiger partial charge in [-0.15, -0.1) is 0 Å². The van der Waals surface area contributed by atoms with Crippen LogP contribution in [0.25, 0.3) is 0 Å². The minimum absolute atomic E-state index is 0.764. The SMILES string of the molecule is CCC(CC)CN(CC)Cc1ccc(CNC2CC2)cn1. The van der Waals surface area contributed by atoms with E-state index in [4.69, 9.17) is 0 Å². The van der Waals surface area contributed by atoms with E-state index in [1.54, 1.807) is 0 Å². The molecule has 0 radical (unpaired) electrons. The molecule has 1 aromatic rings. The van der Waals surface area contributed by atoms with Gasteiger partial charge < -0.3 is 5.32 Å². The summed E-state index contributed by atoms with van der Waals surface area (Å²) in [5.41, 5.74) is 2.49. The van der Waals surface area contributed by atoms with Crippen LogP contribution in [-0.4, -0.2) is 29.0 Å². The Kier molecular flexibility index (Phi) is 6.65. The van der Waals surface area contributed by atoms with E-state index in [0.29, 0.717) is 0 Å². The predicted octanol–water partition coefficient (Wildman–Crippen LogP) is 3.59. The second kappa shape index (κ2) is 8.50. The molecular formula is C18H31N3. The summed E-state index contributed by atoms with van der Waals surface area (Å²) in [6.45, 7) is 11.1. The molecular weight excluding hydrogens is 258 g/mol. The van der Waals surface area contributed by atoms with Gasteiger partial charge in [0.1, 0.15) is 0 Å². The van der Waals surface area contributed by atoms with E-state index in [1.165, 1.54) is 43.5 Å². The lowest BCUT2D eigenvalue weighted by Gasteiger charge is -2.24. The molecule has 3 nitrogen and oxygen atoms in total. The minimum atomic E-state index is 0.764. The van der Waals surface area contributed by atoms with E-state index < -0.39 is 0 Å². The van der Waals surface area contributed by atoms with Gasteiger partial charge in [0.2, 0.25) is 0 Å². The molecule has 118 valence electrons. The van der Waals surface area contributed by atoms with Crippen LogP contribution in [0.2, 0.25) is 0 Å². The summed E-state index contributed by atoms with van der Waals surface area (Å²) in [5.74, 6) is 0.812. The van der Waals surface area contributed by atoms with Gasteiger partial charge in [-0.3, -0.25) is 9.88 Å². The first-order chi connectivity index (χ1) is 10.2. The predicted molar refractivity (Wildman–Crippen MR) is 89.1 cm³/mol. The fraction of sp³-hybridized carbons (Fsp3) is 0.722. The molecule has 21 heavy (non-hydrogen) atoms. The van der Waals surface area contributed by atoms with Gasteiger partial charge in [0.25, 0.3) is 0 Å². The van der Waals surface area contributed by atoms with Crippen LogP contribution in [0, 0.1) is 5.92 Å². The highest BCUT2D eigenvalue weighted by Gasteiger charge is 2.19. The lowest BCUT2D eigenvalue weighted by Crippen LogP contribution is -2.29. The minimum Gasteiger partial charge on any atom is -0.310 e. The average Bonchev–Trinajstić information content (AvgIpc) is 3.35. The summed E-state index contributed by atoms with van der Waals surface area (Å²) in [5, 5.41) is 3.54. The first-order valence-electron chi connectivity index (χ1n) is 8.64. The zero-order chi connectivity index (χ0) is 15.1. The smallest absolute Gasteiger partial charge is 0.0544 e. The maximum atomic E-state index is 4.64. The monoisotopic (exact) mass is 289 g/mol. The third-order valence-electron chi connectivity index (χ3n) is 4.56. The van der Waals surface area contributed by atoms with Gasteiger partial charge >= 0.3 is 0 Å². The molecule has 1 N–H and O–H groups in total. The topological polar surface area (TPSA) is 28.2 Å². The summed E-state index contributed by atoms with van der Waals surface area (Å²) in [7, 11) is 0. The van der Waals surface area contributed by atoms with Crippen molar-refractivity contribution in [1.29, 1.82) is 0 Å². The quantitative estimate of drug-likeness (QED) is 0.713. The second-order valence-corrected chi connectivity index (χ2v) is 6.32. The van der Waals surface area contributed by atoms with Gasteiger partial charge in [0, 0.05) is 31.9 Å². The number of pyridine rings is 1. The third kappa shape index (κ3) is 5.76. The van der Waals surface area contributed by atoms with Crippen molar-refractivity contribution >= 4 is 0 Å². The van der Waals surface area contributed by atoms with Crippen LogP contribution < -0.4 is 5.32 Å². The number of hydrogen-bond donors (Lipinski definition) is 1. The summed E-state index contributed by atoms with van der Waals surface area (Å²) >= 11 is 0. The molecule has 3 heteroatoms. The van der Waals surface area contributed by atoms with Crippen LogP contribution in [0.5, 0.6) is 0 Å². The highest BCUT2D eigenvalue weighted by atomic mass is 15.1. The van der Waals surface area contributed by atoms with Gasteiger partial charge in [-0.05, 0) is 36.9 Å². The Hall–Kier alpha value is -0.930. The van der Waals surface area contributed by atoms with Gasteiger partial charge in [-0.2, -0.15) is 0 Å². The standard InChI is InChI=1S/C18H31N3/c1-4-15(5-2)13-21(6-3)14-18-8-7-16(12-20-18)11-19-17-9-10-17/h7-8,12,15,17,19H,4-6,9-11,13-14H2,1-3H3. The molecule has 2 rings (SSSR count). The zero-order valence-electron chi connectivity index (χ0n) is 13.9. The Morgan fingerprint density at radius 1 is 1.24 bits per heavy atom. The summed E-state index contributed by atoms with van der Waals surface area (Å²) in [4.78, 5) is 7.16. The van der Waals surface area contributed by atoms with E-state index in [-0.39, 0.29) is 0 Å². The summed E-state index contributed by atoms with van der Waals surface area (Å²) in [6.07, 6.45) is 7.26. The molecule has 0 atom stereocenters. The molecule has 1 aromatic heterocycles. The van der Waals surface area contributed by atoms with E-state index in [2.05, 4.69) is 48.1 Å². The fourth-order valence-electron chi connectivity index (χ4n) is 2.65.